The number of Topliss-reactive ketones (excluding diaryl/α,β-unsaturated/α-hetero) is 1. The van der Waals surface area contributed by atoms with Crippen molar-refractivity contribution < 1.29 is 9.53 Å². The molecule has 0 aromatic rings. The van der Waals surface area contributed by atoms with Crippen molar-refractivity contribution in [2.75, 3.05) is 6.61 Å². The van der Waals surface area contributed by atoms with E-state index < -0.39 is 0 Å². The maximum absolute atomic E-state index is 12.1. The second-order valence-electron chi connectivity index (χ2n) is 5.76. The molecule has 3 heteroatoms. The topological polar surface area (TPSA) is 38.3 Å². The molecule has 15 heavy (non-hydrogen) atoms. The highest BCUT2D eigenvalue weighted by Crippen LogP contribution is 2.32. The molecule has 2 aliphatic heterocycles. The van der Waals surface area contributed by atoms with Gasteiger partial charge in [-0.25, -0.2) is 0 Å². The van der Waals surface area contributed by atoms with E-state index in [0.717, 1.165) is 19.4 Å². The summed E-state index contributed by atoms with van der Waals surface area (Å²) in [5.74, 6) is 0.871. The summed E-state index contributed by atoms with van der Waals surface area (Å²) in [7, 11) is 0. The highest BCUT2D eigenvalue weighted by molar-refractivity contribution is 5.89. The summed E-state index contributed by atoms with van der Waals surface area (Å²) < 4.78 is 5.63. The van der Waals surface area contributed by atoms with Gasteiger partial charge in [0.05, 0.1) is 6.04 Å². The first-order valence-corrected chi connectivity index (χ1v) is 5.90. The number of ketones is 1. The number of hydrogen-bond donors (Lipinski definition) is 1. The molecule has 2 rings (SSSR count). The Morgan fingerprint density at radius 3 is 2.73 bits per heavy atom. The fraction of sp³-hybridized carbons (Fsp3) is 0.917. The Hall–Kier alpha value is -0.410. The van der Waals surface area contributed by atoms with Crippen molar-refractivity contribution in [3.05, 3.63) is 0 Å². The average molecular weight is 211 g/mol. The average Bonchev–Trinajstić information content (AvgIpc) is 2.58. The zero-order valence-electron chi connectivity index (χ0n) is 9.88. The van der Waals surface area contributed by atoms with Crippen LogP contribution < -0.4 is 5.32 Å². The van der Waals surface area contributed by atoms with Gasteiger partial charge in [0.25, 0.3) is 0 Å². The van der Waals surface area contributed by atoms with E-state index in [-0.39, 0.29) is 17.7 Å². The van der Waals surface area contributed by atoms with E-state index in [4.69, 9.17) is 4.74 Å². The van der Waals surface area contributed by atoms with E-state index in [9.17, 15) is 4.79 Å². The minimum absolute atomic E-state index is 0.0121. The number of ether oxygens (including phenoxy) is 1. The first kappa shape index (κ1) is 11.1. The van der Waals surface area contributed by atoms with Gasteiger partial charge in [-0.2, -0.15) is 0 Å². The molecule has 0 saturated carbocycles. The smallest absolute Gasteiger partial charge is 0.155 e. The van der Waals surface area contributed by atoms with Crippen LogP contribution in [-0.2, 0) is 9.53 Å². The third kappa shape index (κ3) is 2.23. The van der Waals surface area contributed by atoms with E-state index in [1.54, 1.807) is 0 Å². The lowest BCUT2D eigenvalue weighted by molar-refractivity contribution is -0.128. The number of rotatable bonds is 1. The highest BCUT2D eigenvalue weighted by atomic mass is 16.5. The van der Waals surface area contributed by atoms with E-state index in [0.29, 0.717) is 11.7 Å². The summed E-state index contributed by atoms with van der Waals surface area (Å²) in [6.45, 7) is 6.80. The molecular weight excluding hydrogens is 190 g/mol. The van der Waals surface area contributed by atoms with Gasteiger partial charge < -0.3 is 4.74 Å². The molecule has 3 nitrogen and oxygen atoms in total. The van der Waals surface area contributed by atoms with E-state index in [2.05, 4.69) is 5.32 Å². The fourth-order valence-corrected chi connectivity index (χ4v) is 2.54. The lowest BCUT2D eigenvalue weighted by atomic mass is 9.84. The van der Waals surface area contributed by atoms with Crippen LogP contribution in [0.4, 0.5) is 0 Å². The van der Waals surface area contributed by atoms with Crippen LogP contribution in [0.5, 0.6) is 0 Å². The summed E-state index contributed by atoms with van der Waals surface area (Å²) in [5.41, 5.74) is -0.245. The number of nitrogens with one attached hydrogen (secondary N) is 1. The van der Waals surface area contributed by atoms with Crippen LogP contribution >= 0.6 is 0 Å². The van der Waals surface area contributed by atoms with E-state index in [1.165, 1.54) is 6.42 Å². The van der Waals surface area contributed by atoms with Gasteiger partial charge in [-0.15, -0.1) is 0 Å². The number of hydrogen-bond acceptors (Lipinski definition) is 3. The molecule has 1 N–H and O–H groups in total. The molecule has 2 heterocycles. The summed E-state index contributed by atoms with van der Waals surface area (Å²) in [6.07, 6.45) is 3.43. The summed E-state index contributed by atoms with van der Waals surface area (Å²) in [6, 6.07) is 0.0121. The zero-order valence-corrected chi connectivity index (χ0v) is 9.88. The first-order valence-electron chi connectivity index (χ1n) is 5.90. The molecule has 0 spiro atoms. The summed E-state index contributed by atoms with van der Waals surface area (Å²) in [4.78, 5) is 12.1. The van der Waals surface area contributed by atoms with Gasteiger partial charge in [0.2, 0.25) is 0 Å². The molecule has 0 aromatic carbocycles. The Balaban J connectivity index is 2.00. The van der Waals surface area contributed by atoms with Crippen LogP contribution in [0.3, 0.4) is 0 Å². The Morgan fingerprint density at radius 2 is 2.13 bits per heavy atom. The van der Waals surface area contributed by atoms with Gasteiger partial charge in [-0.05, 0) is 19.3 Å². The Morgan fingerprint density at radius 1 is 1.40 bits per heavy atom. The van der Waals surface area contributed by atoms with Crippen LogP contribution in [0.25, 0.3) is 0 Å². The monoisotopic (exact) mass is 211 g/mol. The standard InChI is InChI=1S/C12H21NO2/c1-12(2,3)10(14)9-7-8-5-4-6-15-11(8)13-9/h8-9,11,13H,4-7H2,1-3H3. The molecule has 2 fully saturated rings. The van der Waals surface area contributed by atoms with Gasteiger partial charge >= 0.3 is 0 Å². The van der Waals surface area contributed by atoms with Crippen LogP contribution in [0.15, 0.2) is 0 Å². The third-order valence-corrected chi connectivity index (χ3v) is 3.40. The maximum atomic E-state index is 12.1. The predicted octanol–water partition coefficient (Wildman–Crippen LogP) is 1.72. The van der Waals surface area contributed by atoms with Crippen LogP contribution in [-0.4, -0.2) is 24.7 Å². The third-order valence-electron chi connectivity index (χ3n) is 3.40. The van der Waals surface area contributed by atoms with Gasteiger partial charge in [0.1, 0.15) is 6.23 Å². The summed E-state index contributed by atoms with van der Waals surface area (Å²) >= 11 is 0. The Labute approximate surface area is 91.6 Å². The number of fused-ring (bicyclic) bond motifs is 1. The molecule has 3 atom stereocenters. The minimum Gasteiger partial charge on any atom is -0.363 e. The van der Waals surface area contributed by atoms with Crippen molar-refractivity contribution in [1.82, 2.24) is 5.32 Å². The minimum atomic E-state index is -0.245. The van der Waals surface area contributed by atoms with Crippen molar-refractivity contribution >= 4 is 5.78 Å². The van der Waals surface area contributed by atoms with Gasteiger partial charge in [0, 0.05) is 17.9 Å². The zero-order chi connectivity index (χ0) is 11.1. The summed E-state index contributed by atoms with van der Waals surface area (Å²) in [5, 5.41) is 3.33. The predicted molar refractivity (Wildman–Crippen MR) is 58.5 cm³/mol. The van der Waals surface area contributed by atoms with Crippen molar-refractivity contribution in [2.45, 2.75) is 52.3 Å². The molecule has 0 aliphatic carbocycles. The van der Waals surface area contributed by atoms with Crippen molar-refractivity contribution in [1.29, 1.82) is 0 Å². The molecule has 0 aromatic heterocycles. The molecule has 86 valence electrons. The first-order chi connectivity index (χ1) is 6.98. The highest BCUT2D eigenvalue weighted by Gasteiger charge is 2.41. The van der Waals surface area contributed by atoms with Gasteiger partial charge in [0.15, 0.2) is 5.78 Å². The molecule has 3 unspecified atom stereocenters. The molecular formula is C12H21NO2. The van der Waals surface area contributed by atoms with E-state index >= 15 is 0 Å². The maximum Gasteiger partial charge on any atom is 0.155 e. The van der Waals surface area contributed by atoms with E-state index in [1.807, 2.05) is 20.8 Å². The quantitative estimate of drug-likeness (QED) is 0.717. The van der Waals surface area contributed by atoms with Crippen molar-refractivity contribution in [3.8, 4) is 0 Å². The molecule has 0 amide bonds. The number of carbonyl (C=O) groups excluding carboxylic acids is 1. The fourth-order valence-electron chi connectivity index (χ4n) is 2.54. The van der Waals surface area contributed by atoms with Gasteiger partial charge in [-0.3, -0.25) is 10.1 Å². The second kappa shape index (κ2) is 3.87. The normalized spacial score (nSPS) is 36.3. The van der Waals surface area contributed by atoms with Crippen molar-refractivity contribution in [3.63, 3.8) is 0 Å². The van der Waals surface area contributed by atoms with Crippen LogP contribution in [0.1, 0.15) is 40.0 Å². The van der Waals surface area contributed by atoms with Crippen LogP contribution in [0, 0.1) is 11.3 Å². The molecule has 2 aliphatic rings. The lowest BCUT2D eigenvalue weighted by Gasteiger charge is -2.25. The Bertz CT molecular complexity index is 243. The largest absolute Gasteiger partial charge is 0.363 e. The van der Waals surface area contributed by atoms with Gasteiger partial charge in [-0.1, -0.05) is 20.8 Å². The SMILES string of the molecule is CC(C)(C)C(=O)C1CC2CCCOC2N1. The molecule has 0 radical (unpaired) electrons. The van der Waals surface area contributed by atoms with Crippen molar-refractivity contribution in [2.24, 2.45) is 11.3 Å². The Kier molecular flexibility index (Phi) is 2.86. The lowest BCUT2D eigenvalue weighted by Crippen LogP contribution is -2.43. The van der Waals surface area contributed by atoms with Crippen LogP contribution in [0.2, 0.25) is 0 Å². The second-order valence-corrected chi connectivity index (χ2v) is 5.76. The number of carbonyl (C=O) groups is 1. The molecule has 0 bridgehead atoms. The molecule has 2 saturated heterocycles.